The van der Waals surface area contributed by atoms with E-state index in [1.54, 1.807) is 0 Å². The summed E-state index contributed by atoms with van der Waals surface area (Å²) >= 11 is 0. The second-order valence-electron chi connectivity index (χ2n) is 0.519. The zero-order chi connectivity index (χ0) is 3.58. The summed E-state index contributed by atoms with van der Waals surface area (Å²) in [6.45, 7) is 1.08. The van der Waals surface area contributed by atoms with Crippen LogP contribution in [-0.2, 0) is 4.79 Å². The summed E-state index contributed by atoms with van der Waals surface area (Å²) in [5.74, 6) is -0.833. The number of rotatable bonds is 0. The molecule has 0 aromatic heterocycles. The average Bonchev–Trinajstić information content (AvgIpc) is 0.811. The van der Waals surface area contributed by atoms with Crippen molar-refractivity contribution in [2.75, 3.05) is 0 Å². The molecule has 5 heavy (non-hydrogen) atoms. The Morgan fingerprint density at radius 2 is 1.80 bits per heavy atom. The SMILES string of the molecule is CC(=O)O.[Gd]. The molecule has 3 heteroatoms. The van der Waals surface area contributed by atoms with Gasteiger partial charge in [0.1, 0.15) is 0 Å². The molecular weight excluding hydrogens is 213 g/mol. The molecule has 0 atom stereocenters. The Kier molecular flexibility index (Phi) is 8.87. The number of carbonyl (C=O) groups is 1. The van der Waals surface area contributed by atoms with E-state index >= 15 is 0 Å². The van der Waals surface area contributed by atoms with Crippen LogP contribution in [0.3, 0.4) is 0 Å². The van der Waals surface area contributed by atoms with Crippen LogP contribution in [0.15, 0.2) is 0 Å². The molecule has 0 aromatic rings. The van der Waals surface area contributed by atoms with E-state index in [-0.39, 0.29) is 39.9 Å². The van der Waals surface area contributed by atoms with Crippen molar-refractivity contribution >= 4 is 5.97 Å². The van der Waals surface area contributed by atoms with E-state index in [4.69, 9.17) is 9.90 Å². The zero-order valence-corrected chi connectivity index (χ0v) is 4.98. The van der Waals surface area contributed by atoms with E-state index in [9.17, 15) is 0 Å². The van der Waals surface area contributed by atoms with Gasteiger partial charge in [-0.2, -0.15) is 0 Å². The Bertz CT molecular complexity index is 30.6. The molecule has 0 spiro atoms. The van der Waals surface area contributed by atoms with Gasteiger partial charge in [-0.25, -0.2) is 0 Å². The molecule has 0 radical (unpaired) electrons. The molecule has 0 saturated carbocycles. The third-order valence-electron chi connectivity index (χ3n) is 0. The molecule has 0 heterocycles. The molecule has 1 N–H and O–H groups in total. The molecule has 0 unspecified atom stereocenters. The molecule has 2 nitrogen and oxygen atoms in total. The van der Waals surface area contributed by atoms with Crippen molar-refractivity contribution in [2.24, 2.45) is 0 Å². The van der Waals surface area contributed by atoms with Crippen molar-refractivity contribution in [3.63, 3.8) is 0 Å². The Morgan fingerprint density at radius 3 is 1.80 bits per heavy atom. The van der Waals surface area contributed by atoms with Gasteiger partial charge in [0.15, 0.2) is 0 Å². The van der Waals surface area contributed by atoms with Crippen LogP contribution < -0.4 is 0 Å². The van der Waals surface area contributed by atoms with Crippen molar-refractivity contribution in [1.29, 1.82) is 0 Å². The van der Waals surface area contributed by atoms with Gasteiger partial charge in [0.25, 0.3) is 5.97 Å². The summed E-state index contributed by atoms with van der Waals surface area (Å²) in [4.78, 5) is 9.00. The fraction of sp³-hybridized carbons (Fsp3) is 0.500. The van der Waals surface area contributed by atoms with Crippen LogP contribution in [0.5, 0.6) is 0 Å². The van der Waals surface area contributed by atoms with Gasteiger partial charge >= 0.3 is 0 Å². The first-order valence-electron chi connectivity index (χ1n) is 0.928. The maximum atomic E-state index is 9.00. The summed E-state index contributed by atoms with van der Waals surface area (Å²) in [6, 6.07) is 0. The minimum atomic E-state index is -0.833. The first-order chi connectivity index (χ1) is 1.73. The van der Waals surface area contributed by atoms with Crippen LogP contribution >= 0.6 is 0 Å². The maximum Gasteiger partial charge on any atom is 0.300 e. The fourth-order valence-corrected chi connectivity index (χ4v) is 0. The van der Waals surface area contributed by atoms with E-state index < -0.39 is 5.97 Å². The summed E-state index contributed by atoms with van der Waals surface area (Å²) < 4.78 is 0. The molecule has 0 aromatic carbocycles. The smallest absolute Gasteiger partial charge is 0.300 e. The maximum absolute atomic E-state index is 9.00. The summed E-state index contributed by atoms with van der Waals surface area (Å²) in [5.41, 5.74) is 0. The van der Waals surface area contributed by atoms with Crippen molar-refractivity contribution in [1.82, 2.24) is 0 Å². The van der Waals surface area contributed by atoms with Gasteiger partial charge in [0.2, 0.25) is 0 Å². The number of carboxylic acid groups (broad SMARTS) is 1. The molecule has 0 bridgehead atoms. The minimum absolute atomic E-state index is 0. The van der Waals surface area contributed by atoms with Crippen LogP contribution in [-0.4, -0.2) is 11.1 Å². The topological polar surface area (TPSA) is 37.3 Å². The first-order valence-corrected chi connectivity index (χ1v) is 0.928. The molecule has 0 fully saturated rings. The van der Waals surface area contributed by atoms with E-state index in [2.05, 4.69) is 0 Å². The second-order valence-corrected chi connectivity index (χ2v) is 0.519. The molecule has 32 valence electrons. The van der Waals surface area contributed by atoms with Crippen molar-refractivity contribution in [2.45, 2.75) is 6.92 Å². The average molecular weight is 217 g/mol. The monoisotopic (exact) mass is 218 g/mol. The number of hydrogen-bond acceptors (Lipinski definition) is 1. The zero-order valence-electron chi connectivity index (χ0n) is 2.71. The molecule has 0 aliphatic rings. The van der Waals surface area contributed by atoms with Crippen LogP contribution in [0.25, 0.3) is 0 Å². The van der Waals surface area contributed by atoms with Gasteiger partial charge < -0.3 is 5.11 Å². The van der Waals surface area contributed by atoms with Crippen LogP contribution in [0.4, 0.5) is 0 Å². The van der Waals surface area contributed by atoms with Gasteiger partial charge in [-0.15, -0.1) is 0 Å². The van der Waals surface area contributed by atoms with Gasteiger partial charge in [-0.3, -0.25) is 4.79 Å². The molecule has 0 rings (SSSR count). The molecular formula is C2H4GdO2. The van der Waals surface area contributed by atoms with Gasteiger partial charge in [0, 0.05) is 46.9 Å². The molecule has 0 aliphatic heterocycles. The van der Waals surface area contributed by atoms with Crippen molar-refractivity contribution < 1.29 is 49.8 Å². The number of aliphatic carboxylic acids is 1. The van der Waals surface area contributed by atoms with Gasteiger partial charge in [-0.1, -0.05) is 0 Å². The van der Waals surface area contributed by atoms with Crippen molar-refractivity contribution in [3.05, 3.63) is 0 Å². The Labute approximate surface area is 62.2 Å². The predicted octanol–water partition coefficient (Wildman–Crippen LogP) is 0.0909. The largest absolute Gasteiger partial charge is 0.481 e. The van der Waals surface area contributed by atoms with Crippen LogP contribution in [0.2, 0.25) is 0 Å². The molecule has 0 aliphatic carbocycles. The first kappa shape index (κ1) is 9.25. The normalized spacial score (nSPS) is 5.00. The third kappa shape index (κ3) is 59.3. The number of hydrogen-bond donors (Lipinski definition) is 1. The Balaban J connectivity index is 0. The van der Waals surface area contributed by atoms with Gasteiger partial charge in [0.05, 0.1) is 0 Å². The fourth-order valence-electron chi connectivity index (χ4n) is 0. The second kappa shape index (κ2) is 4.79. The van der Waals surface area contributed by atoms with E-state index in [0.29, 0.717) is 0 Å². The van der Waals surface area contributed by atoms with Crippen LogP contribution in [0, 0.1) is 39.9 Å². The Morgan fingerprint density at radius 1 is 1.80 bits per heavy atom. The van der Waals surface area contributed by atoms with E-state index in [1.165, 1.54) is 0 Å². The quantitative estimate of drug-likeness (QED) is 0.624. The van der Waals surface area contributed by atoms with Crippen LogP contribution in [0.1, 0.15) is 6.92 Å². The summed E-state index contributed by atoms with van der Waals surface area (Å²) in [7, 11) is 0. The van der Waals surface area contributed by atoms with Crippen molar-refractivity contribution in [3.8, 4) is 0 Å². The predicted molar refractivity (Wildman–Crippen MR) is 13.3 cm³/mol. The molecule has 0 saturated heterocycles. The van der Waals surface area contributed by atoms with E-state index in [1.807, 2.05) is 0 Å². The minimum Gasteiger partial charge on any atom is -0.481 e. The summed E-state index contributed by atoms with van der Waals surface area (Å²) in [6.07, 6.45) is 0. The third-order valence-corrected chi connectivity index (χ3v) is 0. The summed E-state index contributed by atoms with van der Waals surface area (Å²) in [5, 5.41) is 7.42. The number of carboxylic acids is 1. The van der Waals surface area contributed by atoms with Gasteiger partial charge in [-0.05, 0) is 0 Å². The Hall–Kier alpha value is 0.795. The standard InChI is InChI=1S/C2H4O2.Gd/c1-2(3)4;/h1H3,(H,3,4);. The molecule has 0 amide bonds. The van der Waals surface area contributed by atoms with E-state index in [0.717, 1.165) is 6.92 Å².